The maximum Gasteiger partial charge on any atom is 0.0973 e. The lowest BCUT2D eigenvalue weighted by Gasteiger charge is -2.09. The van der Waals surface area contributed by atoms with Crippen molar-refractivity contribution in [3.63, 3.8) is 0 Å². The Morgan fingerprint density at radius 3 is 2.33 bits per heavy atom. The normalized spacial score (nSPS) is 10.9. The lowest BCUT2D eigenvalue weighted by atomic mass is 10.2. The Morgan fingerprint density at radius 1 is 0.958 bits per heavy atom. The van der Waals surface area contributed by atoms with Crippen molar-refractivity contribution in [3.05, 3.63) is 83.6 Å². The fourth-order valence-electron chi connectivity index (χ4n) is 2.46. The van der Waals surface area contributed by atoms with Gasteiger partial charge in [0.05, 0.1) is 31.0 Å². The van der Waals surface area contributed by atoms with Crippen LogP contribution in [0.5, 0.6) is 0 Å². The third-order valence-corrected chi connectivity index (χ3v) is 5.02. The van der Waals surface area contributed by atoms with Gasteiger partial charge in [-0.1, -0.05) is 60.7 Å². The van der Waals surface area contributed by atoms with Crippen LogP contribution in [0.1, 0.15) is 16.7 Å². The number of benzene rings is 2. The largest absolute Gasteiger partial charge is 0.375 e. The van der Waals surface area contributed by atoms with Crippen molar-refractivity contribution in [3.8, 4) is 0 Å². The molecule has 0 saturated heterocycles. The highest BCUT2D eigenvalue weighted by Gasteiger charge is 2.08. The molecule has 124 valence electrons. The van der Waals surface area contributed by atoms with Gasteiger partial charge in [-0.25, -0.2) is 0 Å². The summed E-state index contributed by atoms with van der Waals surface area (Å²) in [6.45, 7) is 4.20. The van der Waals surface area contributed by atoms with Crippen molar-refractivity contribution >= 4 is 11.8 Å². The van der Waals surface area contributed by atoms with Gasteiger partial charge >= 0.3 is 0 Å². The summed E-state index contributed by atoms with van der Waals surface area (Å²) < 4.78 is 7.83. The van der Waals surface area contributed by atoms with Crippen LogP contribution in [0.3, 0.4) is 0 Å². The van der Waals surface area contributed by atoms with Gasteiger partial charge in [-0.05, 0) is 18.1 Å². The molecule has 0 bridgehead atoms. The number of aryl methyl sites for hydroxylation is 1. The maximum atomic E-state index is 5.78. The second kappa shape index (κ2) is 8.71. The molecule has 0 N–H and O–H groups in total. The Morgan fingerprint density at radius 2 is 1.62 bits per heavy atom. The highest BCUT2D eigenvalue weighted by Crippen LogP contribution is 2.25. The van der Waals surface area contributed by atoms with Crippen LogP contribution >= 0.6 is 11.8 Å². The Kier molecular flexibility index (Phi) is 6.10. The third kappa shape index (κ3) is 4.73. The van der Waals surface area contributed by atoms with Crippen molar-refractivity contribution in [1.29, 1.82) is 0 Å². The molecule has 1 heterocycles. The van der Waals surface area contributed by atoms with E-state index in [0.717, 1.165) is 12.3 Å². The quantitative estimate of drug-likeness (QED) is 0.440. The Labute approximate surface area is 147 Å². The van der Waals surface area contributed by atoms with Crippen LogP contribution < -0.4 is 0 Å². The minimum absolute atomic E-state index is 0.646. The molecule has 4 heteroatoms. The second-order valence-electron chi connectivity index (χ2n) is 5.67. The van der Waals surface area contributed by atoms with Gasteiger partial charge in [0.1, 0.15) is 0 Å². The van der Waals surface area contributed by atoms with E-state index in [2.05, 4.69) is 48.4 Å². The van der Waals surface area contributed by atoms with E-state index in [0.29, 0.717) is 13.2 Å². The standard InChI is InChI=1S/C20H22N2OS/c1-17-14-21-22(12-13-23-15-18-8-4-2-5-9-18)20(17)24-16-19-10-6-3-7-11-19/h2-11,14H,12-13,15-16H2,1H3. The summed E-state index contributed by atoms with van der Waals surface area (Å²) in [7, 11) is 0. The van der Waals surface area contributed by atoms with Gasteiger partial charge in [-0.3, -0.25) is 4.68 Å². The first kappa shape index (κ1) is 16.8. The summed E-state index contributed by atoms with van der Waals surface area (Å²) in [6.07, 6.45) is 1.94. The molecule has 3 nitrogen and oxygen atoms in total. The van der Waals surface area contributed by atoms with Crippen LogP contribution in [0.4, 0.5) is 0 Å². The maximum absolute atomic E-state index is 5.78. The first-order valence-electron chi connectivity index (χ1n) is 8.14. The predicted molar refractivity (Wildman–Crippen MR) is 99.1 cm³/mol. The van der Waals surface area contributed by atoms with E-state index in [9.17, 15) is 0 Å². The van der Waals surface area contributed by atoms with Gasteiger partial charge in [0.2, 0.25) is 0 Å². The number of thioether (sulfide) groups is 1. The monoisotopic (exact) mass is 338 g/mol. The highest BCUT2D eigenvalue weighted by atomic mass is 32.2. The molecule has 3 rings (SSSR count). The minimum atomic E-state index is 0.646. The van der Waals surface area contributed by atoms with Crippen LogP contribution in [0.25, 0.3) is 0 Å². The Balaban J connectivity index is 1.51. The average Bonchev–Trinajstić information content (AvgIpc) is 2.98. The molecule has 24 heavy (non-hydrogen) atoms. The molecule has 0 spiro atoms. The topological polar surface area (TPSA) is 27.1 Å². The molecule has 2 aromatic carbocycles. The fourth-order valence-corrected chi connectivity index (χ4v) is 3.52. The van der Waals surface area contributed by atoms with E-state index >= 15 is 0 Å². The second-order valence-corrected chi connectivity index (χ2v) is 6.63. The summed E-state index contributed by atoms with van der Waals surface area (Å²) in [5, 5.41) is 5.71. The molecular formula is C20H22N2OS. The molecule has 1 aromatic heterocycles. The number of hydrogen-bond acceptors (Lipinski definition) is 3. The van der Waals surface area contributed by atoms with Crippen LogP contribution in [0.2, 0.25) is 0 Å². The Hall–Kier alpha value is -2.04. The summed E-state index contributed by atoms with van der Waals surface area (Å²) >= 11 is 1.83. The SMILES string of the molecule is Cc1cnn(CCOCc2ccccc2)c1SCc1ccccc1. The molecular weight excluding hydrogens is 316 g/mol. The zero-order valence-corrected chi connectivity index (χ0v) is 14.7. The molecule has 0 aliphatic rings. The van der Waals surface area contributed by atoms with Crippen molar-refractivity contribution in [2.45, 2.75) is 30.9 Å². The zero-order valence-electron chi connectivity index (χ0n) is 13.9. The van der Waals surface area contributed by atoms with E-state index < -0.39 is 0 Å². The smallest absolute Gasteiger partial charge is 0.0973 e. The van der Waals surface area contributed by atoms with Crippen molar-refractivity contribution < 1.29 is 4.74 Å². The fraction of sp³-hybridized carbons (Fsp3) is 0.250. The third-order valence-electron chi connectivity index (χ3n) is 3.74. The number of rotatable bonds is 8. The van der Waals surface area contributed by atoms with Crippen LogP contribution in [-0.2, 0) is 23.6 Å². The van der Waals surface area contributed by atoms with E-state index in [4.69, 9.17) is 4.74 Å². The molecule has 0 amide bonds. The van der Waals surface area contributed by atoms with Gasteiger partial charge in [0.25, 0.3) is 0 Å². The van der Waals surface area contributed by atoms with Gasteiger partial charge < -0.3 is 4.74 Å². The number of nitrogens with zero attached hydrogens (tertiary/aromatic N) is 2. The molecule has 0 aliphatic carbocycles. The summed E-state index contributed by atoms with van der Waals surface area (Å²) in [4.78, 5) is 0. The van der Waals surface area contributed by atoms with E-state index in [1.165, 1.54) is 21.7 Å². The lowest BCUT2D eigenvalue weighted by Crippen LogP contribution is -2.08. The van der Waals surface area contributed by atoms with Crippen molar-refractivity contribution in [2.75, 3.05) is 6.61 Å². The summed E-state index contributed by atoms with van der Waals surface area (Å²) in [5.74, 6) is 0.957. The first-order valence-corrected chi connectivity index (χ1v) is 9.12. The molecule has 0 unspecified atom stereocenters. The molecule has 0 radical (unpaired) electrons. The van der Waals surface area contributed by atoms with Crippen LogP contribution in [0.15, 0.2) is 71.9 Å². The summed E-state index contributed by atoms with van der Waals surface area (Å²) in [6, 6.07) is 20.8. The molecule has 0 fully saturated rings. The van der Waals surface area contributed by atoms with E-state index in [-0.39, 0.29) is 0 Å². The van der Waals surface area contributed by atoms with Crippen LogP contribution in [0, 0.1) is 6.92 Å². The van der Waals surface area contributed by atoms with Gasteiger partial charge in [-0.2, -0.15) is 5.10 Å². The number of aromatic nitrogens is 2. The number of hydrogen-bond donors (Lipinski definition) is 0. The molecule has 0 aliphatic heterocycles. The molecule has 0 atom stereocenters. The predicted octanol–water partition coefficient (Wildman–Crippen LogP) is 4.70. The highest BCUT2D eigenvalue weighted by molar-refractivity contribution is 7.98. The van der Waals surface area contributed by atoms with Gasteiger partial charge in [0, 0.05) is 11.3 Å². The lowest BCUT2D eigenvalue weighted by molar-refractivity contribution is 0.109. The Bertz CT molecular complexity index is 741. The average molecular weight is 338 g/mol. The number of ether oxygens (including phenoxy) is 1. The molecule has 0 saturated carbocycles. The van der Waals surface area contributed by atoms with Crippen molar-refractivity contribution in [2.24, 2.45) is 0 Å². The summed E-state index contributed by atoms with van der Waals surface area (Å²) in [5.41, 5.74) is 3.75. The van der Waals surface area contributed by atoms with Gasteiger partial charge in [-0.15, -0.1) is 11.8 Å². The molecule has 3 aromatic rings. The minimum Gasteiger partial charge on any atom is -0.375 e. The van der Waals surface area contributed by atoms with E-state index in [1.54, 1.807) is 0 Å². The van der Waals surface area contributed by atoms with Gasteiger partial charge in [0.15, 0.2) is 0 Å². The van der Waals surface area contributed by atoms with Crippen molar-refractivity contribution in [1.82, 2.24) is 9.78 Å². The zero-order chi connectivity index (χ0) is 16.6. The van der Waals surface area contributed by atoms with Crippen LogP contribution in [-0.4, -0.2) is 16.4 Å². The first-order chi connectivity index (χ1) is 11.8. The van der Waals surface area contributed by atoms with E-state index in [1.807, 2.05) is 46.9 Å².